The Balaban J connectivity index is 2.04. The minimum absolute atomic E-state index is 0.461. The van der Waals surface area contributed by atoms with E-state index in [-0.39, 0.29) is 0 Å². The van der Waals surface area contributed by atoms with Gasteiger partial charge in [-0.25, -0.2) is 9.98 Å². The summed E-state index contributed by atoms with van der Waals surface area (Å²) in [5.41, 5.74) is 4.62. The van der Waals surface area contributed by atoms with E-state index in [0.29, 0.717) is 25.7 Å². The number of nitrogens with zero attached hydrogens (tertiary/aromatic N) is 4. The number of rotatable bonds is 2. The predicted octanol–water partition coefficient (Wildman–Crippen LogP) is -0.153. The maximum atomic E-state index is 9.42. The van der Waals surface area contributed by atoms with Gasteiger partial charge < -0.3 is 14.6 Å². The van der Waals surface area contributed by atoms with E-state index in [1.165, 1.54) is 5.06 Å². The van der Waals surface area contributed by atoms with Gasteiger partial charge in [0.05, 0.1) is 24.5 Å². The standard InChI is InChI=1S/C9H13N5O2/c1-2-14-7-4-13(15)3-6(7)12-8(14)9-10-5-11-16-9/h11,15H,2-5H2,1H3. The van der Waals surface area contributed by atoms with Gasteiger partial charge in [0.25, 0.3) is 5.90 Å². The molecule has 2 aliphatic heterocycles. The quantitative estimate of drug-likeness (QED) is 0.729. The van der Waals surface area contributed by atoms with Crippen LogP contribution in [0.3, 0.4) is 0 Å². The highest BCUT2D eigenvalue weighted by atomic mass is 16.7. The summed E-state index contributed by atoms with van der Waals surface area (Å²) in [7, 11) is 0. The summed E-state index contributed by atoms with van der Waals surface area (Å²) >= 11 is 0. The van der Waals surface area contributed by atoms with E-state index in [1.807, 2.05) is 11.5 Å². The number of hydroxylamine groups is 3. The SMILES string of the molecule is CCn1c(C2=NCNO2)nc2c1CN(O)C2. The van der Waals surface area contributed by atoms with Gasteiger partial charge >= 0.3 is 0 Å². The molecule has 0 aromatic carbocycles. The molecule has 3 rings (SSSR count). The Labute approximate surface area is 92.3 Å². The molecule has 86 valence electrons. The molecule has 0 atom stereocenters. The van der Waals surface area contributed by atoms with Crippen LogP contribution in [0.1, 0.15) is 24.1 Å². The van der Waals surface area contributed by atoms with Crippen molar-refractivity contribution in [3.63, 3.8) is 0 Å². The molecule has 0 aliphatic carbocycles. The van der Waals surface area contributed by atoms with Gasteiger partial charge in [-0.3, -0.25) is 0 Å². The molecule has 2 N–H and O–H groups in total. The Bertz CT molecular complexity index is 453. The van der Waals surface area contributed by atoms with E-state index >= 15 is 0 Å². The van der Waals surface area contributed by atoms with Crippen molar-refractivity contribution in [2.75, 3.05) is 6.67 Å². The number of hydrogen-bond donors (Lipinski definition) is 2. The highest BCUT2D eigenvalue weighted by molar-refractivity contribution is 5.91. The van der Waals surface area contributed by atoms with Crippen LogP contribution in [0, 0.1) is 0 Å². The number of nitrogens with one attached hydrogen (secondary N) is 1. The molecule has 0 spiro atoms. The molecular formula is C9H13N5O2. The van der Waals surface area contributed by atoms with E-state index < -0.39 is 0 Å². The summed E-state index contributed by atoms with van der Waals surface area (Å²) in [6, 6.07) is 0. The number of fused-ring (bicyclic) bond motifs is 1. The second-order valence-electron chi connectivity index (χ2n) is 3.76. The Morgan fingerprint density at radius 3 is 3.06 bits per heavy atom. The lowest BCUT2D eigenvalue weighted by atomic mass is 10.4. The molecule has 0 saturated heterocycles. The lowest BCUT2D eigenvalue weighted by molar-refractivity contribution is -0.0986. The summed E-state index contributed by atoms with van der Waals surface area (Å²) in [6.45, 7) is 4.26. The van der Waals surface area contributed by atoms with Gasteiger partial charge in [-0.15, -0.1) is 5.48 Å². The zero-order valence-corrected chi connectivity index (χ0v) is 8.97. The largest absolute Gasteiger partial charge is 0.383 e. The van der Waals surface area contributed by atoms with Gasteiger partial charge in [0.1, 0.15) is 6.67 Å². The van der Waals surface area contributed by atoms with Crippen LogP contribution in [-0.2, 0) is 24.5 Å². The van der Waals surface area contributed by atoms with Gasteiger partial charge in [-0.1, -0.05) is 0 Å². The van der Waals surface area contributed by atoms with Crippen molar-refractivity contribution >= 4 is 5.90 Å². The summed E-state index contributed by atoms with van der Waals surface area (Å²) in [5, 5.41) is 10.7. The fraction of sp³-hybridized carbons (Fsp3) is 0.556. The van der Waals surface area contributed by atoms with Crippen molar-refractivity contribution in [2.24, 2.45) is 4.99 Å². The molecule has 0 radical (unpaired) electrons. The molecular weight excluding hydrogens is 210 g/mol. The first-order chi connectivity index (χ1) is 7.79. The second kappa shape index (κ2) is 3.55. The van der Waals surface area contributed by atoms with Crippen LogP contribution >= 0.6 is 0 Å². The highest BCUT2D eigenvalue weighted by Gasteiger charge is 2.28. The molecule has 0 amide bonds. The van der Waals surface area contributed by atoms with Crippen LogP contribution in [0.4, 0.5) is 0 Å². The molecule has 0 bridgehead atoms. The van der Waals surface area contributed by atoms with Crippen molar-refractivity contribution in [2.45, 2.75) is 26.6 Å². The maximum Gasteiger partial charge on any atom is 0.278 e. The Morgan fingerprint density at radius 1 is 1.50 bits per heavy atom. The molecule has 2 aliphatic rings. The Morgan fingerprint density at radius 2 is 2.38 bits per heavy atom. The number of aliphatic imine (C=N–C) groups is 1. The molecule has 1 aromatic rings. The fourth-order valence-corrected chi connectivity index (χ4v) is 2.10. The van der Waals surface area contributed by atoms with E-state index in [0.717, 1.165) is 23.8 Å². The normalized spacial score (nSPS) is 19.8. The molecule has 0 saturated carbocycles. The molecule has 0 fully saturated rings. The first kappa shape index (κ1) is 9.76. The average molecular weight is 223 g/mol. The monoisotopic (exact) mass is 223 g/mol. The first-order valence-corrected chi connectivity index (χ1v) is 5.26. The van der Waals surface area contributed by atoms with Gasteiger partial charge in [0, 0.05) is 6.54 Å². The zero-order valence-electron chi connectivity index (χ0n) is 8.97. The summed E-state index contributed by atoms with van der Waals surface area (Å²) < 4.78 is 2.03. The van der Waals surface area contributed by atoms with Crippen molar-refractivity contribution in [3.8, 4) is 0 Å². The predicted molar refractivity (Wildman–Crippen MR) is 54.6 cm³/mol. The molecule has 3 heterocycles. The third kappa shape index (κ3) is 1.33. The van der Waals surface area contributed by atoms with E-state index in [9.17, 15) is 5.21 Å². The lowest BCUT2D eigenvalue weighted by Crippen LogP contribution is -2.18. The molecule has 7 nitrogen and oxygen atoms in total. The van der Waals surface area contributed by atoms with E-state index in [4.69, 9.17) is 4.84 Å². The lowest BCUT2D eigenvalue weighted by Gasteiger charge is -2.09. The smallest absolute Gasteiger partial charge is 0.278 e. The number of aromatic nitrogens is 2. The van der Waals surface area contributed by atoms with Gasteiger partial charge in [-0.2, -0.15) is 5.06 Å². The van der Waals surface area contributed by atoms with Crippen molar-refractivity contribution in [3.05, 3.63) is 17.2 Å². The molecule has 7 heteroatoms. The van der Waals surface area contributed by atoms with Crippen molar-refractivity contribution < 1.29 is 10.0 Å². The third-order valence-corrected chi connectivity index (χ3v) is 2.78. The minimum atomic E-state index is 0.461. The van der Waals surface area contributed by atoms with Crippen LogP contribution in [-0.4, -0.2) is 32.4 Å². The van der Waals surface area contributed by atoms with Gasteiger partial charge in [-0.05, 0) is 6.92 Å². The number of imidazole rings is 1. The van der Waals surface area contributed by atoms with Crippen LogP contribution in [0.25, 0.3) is 0 Å². The van der Waals surface area contributed by atoms with E-state index in [2.05, 4.69) is 15.5 Å². The van der Waals surface area contributed by atoms with Crippen molar-refractivity contribution in [1.29, 1.82) is 0 Å². The first-order valence-electron chi connectivity index (χ1n) is 5.26. The molecule has 0 unspecified atom stereocenters. The van der Waals surface area contributed by atoms with Crippen LogP contribution in [0.15, 0.2) is 4.99 Å². The van der Waals surface area contributed by atoms with Crippen LogP contribution < -0.4 is 5.48 Å². The van der Waals surface area contributed by atoms with Gasteiger partial charge in [0.2, 0.25) is 0 Å². The van der Waals surface area contributed by atoms with Crippen molar-refractivity contribution in [1.82, 2.24) is 20.1 Å². The van der Waals surface area contributed by atoms with Gasteiger partial charge in [0.15, 0.2) is 5.82 Å². The molecule has 1 aromatic heterocycles. The molecule has 16 heavy (non-hydrogen) atoms. The van der Waals surface area contributed by atoms with E-state index in [1.54, 1.807) is 0 Å². The minimum Gasteiger partial charge on any atom is -0.383 e. The van der Waals surface area contributed by atoms with Crippen LogP contribution in [0.2, 0.25) is 0 Å². The highest BCUT2D eigenvalue weighted by Crippen LogP contribution is 2.23. The second-order valence-corrected chi connectivity index (χ2v) is 3.76. The Hall–Kier alpha value is -1.44. The fourth-order valence-electron chi connectivity index (χ4n) is 2.10. The third-order valence-electron chi connectivity index (χ3n) is 2.78. The number of hydrogen-bond acceptors (Lipinski definition) is 6. The summed E-state index contributed by atoms with van der Waals surface area (Å²) in [4.78, 5) is 13.8. The van der Waals surface area contributed by atoms with Crippen LogP contribution in [0.5, 0.6) is 0 Å². The Kier molecular flexibility index (Phi) is 2.16. The summed E-state index contributed by atoms with van der Waals surface area (Å²) in [6.07, 6.45) is 0. The average Bonchev–Trinajstić information content (AvgIpc) is 2.90. The topological polar surface area (TPSA) is 74.9 Å². The summed E-state index contributed by atoms with van der Waals surface area (Å²) in [5.74, 6) is 1.27. The zero-order chi connectivity index (χ0) is 11.1. The maximum absolute atomic E-state index is 9.42.